The van der Waals surface area contributed by atoms with Crippen molar-refractivity contribution in [1.29, 1.82) is 0 Å². The summed E-state index contributed by atoms with van der Waals surface area (Å²) in [5.41, 5.74) is 3.31. The van der Waals surface area contributed by atoms with Gasteiger partial charge >= 0.3 is 5.97 Å². The van der Waals surface area contributed by atoms with E-state index >= 15 is 0 Å². The first-order valence-corrected chi connectivity index (χ1v) is 7.83. The van der Waals surface area contributed by atoms with E-state index in [9.17, 15) is 9.59 Å². The molecule has 1 amide bonds. The summed E-state index contributed by atoms with van der Waals surface area (Å²) in [5, 5.41) is 4.54. The number of hydrogen-bond donors (Lipinski definition) is 1. The highest BCUT2D eigenvalue weighted by Gasteiger charge is 2.09. The van der Waals surface area contributed by atoms with Crippen LogP contribution in [0.4, 0.5) is 0 Å². The number of benzene rings is 2. The Kier molecular flexibility index (Phi) is 6.80. The van der Waals surface area contributed by atoms with Crippen molar-refractivity contribution in [3.8, 4) is 5.75 Å². The maximum absolute atomic E-state index is 12.0. The molecular formula is C17H14Cl2N2O4. The van der Waals surface area contributed by atoms with Crippen molar-refractivity contribution in [3.63, 3.8) is 0 Å². The predicted molar refractivity (Wildman–Crippen MR) is 95.5 cm³/mol. The van der Waals surface area contributed by atoms with Gasteiger partial charge in [-0.1, -0.05) is 35.3 Å². The minimum absolute atomic E-state index is 0.192. The monoisotopic (exact) mass is 380 g/mol. The molecule has 0 aliphatic heterocycles. The number of hydrogen-bond acceptors (Lipinski definition) is 5. The Hall–Kier alpha value is -2.57. The third-order valence-corrected chi connectivity index (χ3v) is 3.55. The fraction of sp³-hybridized carbons (Fsp3) is 0.118. The number of esters is 1. The van der Waals surface area contributed by atoms with Crippen molar-refractivity contribution >= 4 is 41.3 Å². The lowest BCUT2D eigenvalue weighted by Gasteiger charge is -2.05. The molecular weight excluding hydrogens is 367 g/mol. The van der Waals surface area contributed by atoms with Gasteiger partial charge in [0.05, 0.1) is 23.9 Å². The van der Waals surface area contributed by atoms with E-state index in [2.05, 4.69) is 15.3 Å². The topological polar surface area (TPSA) is 77.0 Å². The molecule has 0 aliphatic rings. The summed E-state index contributed by atoms with van der Waals surface area (Å²) in [4.78, 5) is 23.1. The molecule has 8 heteroatoms. The van der Waals surface area contributed by atoms with Crippen molar-refractivity contribution in [3.05, 3.63) is 63.6 Å². The Morgan fingerprint density at radius 2 is 2.00 bits per heavy atom. The molecule has 25 heavy (non-hydrogen) atoms. The van der Waals surface area contributed by atoms with E-state index in [0.29, 0.717) is 16.3 Å². The molecule has 0 fully saturated rings. The van der Waals surface area contributed by atoms with E-state index < -0.39 is 11.9 Å². The summed E-state index contributed by atoms with van der Waals surface area (Å²) >= 11 is 11.8. The highest BCUT2D eigenvalue weighted by Crippen LogP contribution is 2.20. The van der Waals surface area contributed by atoms with Crippen LogP contribution in [0.3, 0.4) is 0 Å². The molecule has 0 aromatic heterocycles. The minimum atomic E-state index is -0.480. The first-order chi connectivity index (χ1) is 12.0. The van der Waals surface area contributed by atoms with Crippen LogP contribution in [-0.4, -0.2) is 31.8 Å². The van der Waals surface area contributed by atoms with Gasteiger partial charge in [-0.05, 0) is 35.9 Å². The Morgan fingerprint density at radius 1 is 1.20 bits per heavy atom. The van der Waals surface area contributed by atoms with E-state index in [4.69, 9.17) is 27.9 Å². The average molecular weight is 381 g/mol. The van der Waals surface area contributed by atoms with Crippen LogP contribution in [0.2, 0.25) is 10.0 Å². The molecule has 2 aromatic rings. The van der Waals surface area contributed by atoms with Gasteiger partial charge in [0.25, 0.3) is 5.91 Å². The zero-order valence-electron chi connectivity index (χ0n) is 13.2. The first-order valence-electron chi connectivity index (χ1n) is 7.07. The normalized spacial score (nSPS) is 10.5. The van der Waals surface area contributed by atoms with Gasteiger partial charge in [0.15, 0.2) is 6.61 Å². The number of hydrazone groups is 1. The second-order valence-corrected chi connectivity index (χ2v) is 5.60. The molecule has 0 aliphatic carbocycles. The van der Waals surface area contributed by atoms with Crippen LogP contribution < -0.4 is 10.2 Å². The van der Waals surface area contributed by atoms with E-state index in [-0.39, 0.29) is 17.2 Å². The zero-order chi connectivity index (χ0) is 18.2. The van der Waals surface area contributed by atoms with Crippen molar-refractivity contribution in [2.24, 2.45) is 5.10 Å². The second kappa shape index (κ2) is 9.05. The van der Waals surface area contributed by atoms with Crippen LogP contribution in [0.25, 0.3) is 0 Å². The molecule has 2 aromatic carbocycles. The molecule has 0 unspecified atom stereocenters. The van der Waals surface area contributed by atoms with Gasteiger partial charge in [-0.2, -0.15) is 5.10 Å². The first kappa shape index (κ1) is 18.8. The summed E-state index contributed by atoms with van der Waals surface area (Å²) in [6.45, 7) is -0.192. The minimum Gasteiger partial charge on any atom is -0.482 e. The molecule has 1 N–H and O–H groups in total. The fourth-order valence-corrected chi connectivity index (χ4v) is 2.28. The van der Waals surface area contributed by atoms with Crippen LogP contribution in [-0.2, 0) is 9.53 Å². The van der Waals surface area contributed by atoms with Gasteiger partial charge in [0.2, 0.25) is 0 Å². The fourth-order valence-electron chi connectivity index (χ4n) is 1.79. The van der Waals surface area contributed by atoms with Crippen molar-refractivity contribution in [2.45, 2.75) is 0 Å². The van der Waals surface area contributed by atoms with Crippen molar-refractivity contribution in [2.75, 3.05) is 13.7 Å². The number of halogens is 2. The largest absolute Gasteiger partial charge is 0.482 e. The number of nitrogens with one attached hydrogen (secondary N) is 1. The number of carbonyl (C=O) groups is 2. The number of amides is 1. The average Bonchev–Trinajstić information content (AvgIpc) is 2.60. The lowest BCUT2D eigenvalue weighted by atomic mass is 10.2. The SMILES string of the molecule is COC(=O)COc1cccc(/C=N\NC(=O)c2ccc(Cl)cc2Cl)c1. The van der Waals surface area contributed by atoms with Crippen LogP contribution in [0.5, 0.6) is 5.75 Å². The summed E-state index contributed by atoms with van der Waals surface area (Å²) in [7, 11) is 1.28. The third kappa shape index (κ3) is 5.77. The number of carbonyl (C=O) groups excluding carboxylic acids is 2. The number of methoxy groups -OCH3 is 1. The van der Waals surface area contributed by atoms with E-state index in [0.717, 1.165) is 0 Å². The van der Waals surface area contributed by atoms with Gasteiger partial charge in [-0.3, -0.25) is 4.79 Å². The predicted octanol–water partition coefficient (Wildman–Crippen LogP) is 3.31. The Balaban J connectivity index is 1.97. The Morgan fingerprint density at radius 3 is 2.72 bits per heavy atom. The lowest BCUT2D eigenvalue weighted by Crippen LogP contribution is -2.18. The quantitative estimate of drug-likeness (QED) is 0.473. The Labute approximate surface area is 154 Å². The van der Waals surface area contributed by atoms with Crippen molar-refractivity contribution < 1.29 is 19.1 Å². The number of nitrogens with zero attached hydrogens (tertiary/aromatic N) is 1. The maximum Gasteiger partial charge on any atom is 0.343 e. The maximum atomic E-state index is 12.0. The molecule has 0 radical (unpaired) electrons. The lowest BCUT2D eigenvalue weighted by molar-refractivity contribution is -0.142. The molecule has 0 bridgehead atoms. The van der Waals surface area contributed by atoms with E-state index in [1.165, 1.54) is 25.5 Å². The van der Waals surface area contributed by atoms with Gasteiger partial charge in [-0.15, -0.1) is 0 Å². The van der Waals surface area contributed by atoms with Crippen LogP contribution in [0.1, 0.15) is 15.9 Å². The number of rotatable bonds is 6. The molecule has 6 nitrogen and oxygen atoms in total. The molecule has 0 heterocycles. The third-order valence-electron chi connectivity index (χ3n) is 3.00. The summed E-state index contributed by atoms with van der Waals surface area (Å²) in [5.74, 6) is -0.469. The molecule has 0 spiro atoms. The smallest absolute Gasteiger partial charge is 0.343 e. The van der Waals surface area contributed by atoms with Crippen LogP contribution >= 0.6 is 23.2 Å². The second-order valence-electron chi connectivity index (χ2n) is 4.76. The molecule has 0 saturated carbocycles. The molecule has 130 valence electrons. The van der Waals surface area contributed by atoms with Gasteiger partial charge < -0.3 is 9.47 Å². The zero-order valence-corrected chi connectivity index (χ0v) is 14.7. The summed E-state index contributed by atoms with van der Waals surface area (Å²) < 4.78 is 9.77. The van der Waals surface area contributed by atoms with E-state index in [1.54, 1.807) is 30.3 Å². The Bertz CT molecular complexity index is 809. The highest BCUT2D eigenvalue weighted by atomic mass is 35.5. The summed E-state index contributed by atoms with van der Waals surface area (Å²) in [6.07, 6.45) is 1.44. The standard InChI is InChI=1S/C17H14Cl2N2O4/c1-24-16(22)10-25-13-4-2-3-11(7-13)9-20-21-17(23)14-6-5-12(18)8-15(14)19/h2-9H,10H2,1H3,(H,21,23)/b20-9-. The van der Waals surface area contributed by atoms with E-state index in [1.807, 2.05) is 0 Å². The van der Waals surface area contributed by atoms with Crippen molar-refractivity contribution in [1.82, 2.24) is 5.43 Å². The molecule has 0 saturated heterocycles. The summed E-state index contributed by atoms with van der Waals surface area (Å²) in [6, 6.07) is 11.4. The van der Waals surface area contributed by atoms with Gasteiger partial charge in [0.1, 0.15) is 5.75 Å². The molecule has 0 atom stereocenters. The van der Waals surface area contributed by atoms with Gasteiger partial charge in [-0.25, -0.2) is 10.2 Å². The number of ether oxygens (including phenoxy) is 2. The van der Waals surface area contributed by atoms with Crippen LogP contribution in [0, 0.1) is 0 Å². The highest BCUT2D eigenvalue weighted by molar-refractivity contribution is 6.36. The van der Waals surface area contributed by atoms with Gasteiger partial charge in [0, 0.05) is 5.02 Å². The molecule has 2 rings (SSSR count). The van der Waals surface area contributed by atoms with Crippen LogP contribution in [0.15, 0.2) is 47.6 Å².